The van der Waals surface area contributed by atoms with Gasteiger partial charge in [0.25, 0.3) is 5.91 Å². The van der Waals surface area contributed by atoms with Crippen LogP contribution in [0.3, 0.4) is 0 Å². The summed E-state index contributed by atoms with van der Waals surface area (Å²) < 4.78 is 5.43. The Bertz CT molecular complexity index is 809. The van der Waals surface area contributed by atoms with Crippen LogP contribution in [0.5, 0.6) is 0 Å². The lowest BCUT2D eigenvalue weighted by Crippen LogP contribution is -2.43. The molecule has 0 bridgehead atoms. The minimum absolute atomic E-state index is 0.0474. The van der Waals surface area contributed by atoms with Crippen LogP contribution in [-0.4, -0.2) is 35.3 Å². The summed E-state index contributed by atoms with van der Waals surface area (Å²) in [6, 6.07) is 11.2. The number of anilines is 1. The van der Waals surface area contributed by atoms with Gasteiger partial charge in [0.1, 0.15) is 5.03 Å². The van der Waals surface area contributed by atoms with Crippen LogP contribution in [0.25, 0.3) is 0 Å². The van der Waals surface area contributed by atoms with Gasteiger partial charge in [-0.05, 0) is 50.3 Å². The van der Waals surface area contributed by atoms with E-state index in [9.17, 15) is 9.59 Å². The van der Waals surface area contributed by atoms with E-state index in [2.05, 4.69) is 4.98 Å². The number of carbonyl (C=O) groups is 2. The highest BCUT2D eigenvalue weighted by atomic mass is 32.2. The molecule has 1 aliphatic rings. The zero-order valence-corrected chi connectivity index (χ0v) is 15.2. The lowest BCUT2D eigenvalue weighted by molar-refractivity contribution is -0.126. The van der Waals surface area contributed by atoms with Gasteiger partial charge >= 0.3 is 5.97 Å². The zero-order chi connectivity index (χ0) is 18.0. The molecule has 0 unspecified atom stereocenters. The molecule has 0 radical (unpaired) electrons. The first-order valence-electron chi connectivity index (χ1n) is 8.14. The maximum Gasteiger partial charge on any atom is 0.341 e. The van der Waals surface area contributed by atoms with E-state index in [0.717, 1.165) is 17.7 Å². The largest absolute Gasteiger partial charge is 0.449 e. The second-order valence-electron chi connectivity index (χ2n) is 6.00. The normalized spacial score (nSPS) is 17.1. The Balaban J connectivity index is 1.76. The van der Waals surface area contributed by atoms with Gasteiger partial charge < -0.3 is 9.64 Å². The molecule has 2 atom stereocenters. The summed E-state index contributed by atoms with van der Waals surface area (Å²) in [5.74, 6) is -0.737. The van der Waals surface area contributed by atoms with Crippen LogP contribution >= 0.6 is 11.8 Å². The third-order valence-corrected chi connectivity index (χ3v) is 4.97. The van der Waals surface area contributed by atoms with Crippen LogP contribution in [0.2, 0.25) is 0 Å². The van der Waals surface area contributed by atoms with Crippen molar-refractivity contribution in [1.82, 2.24) is 4.98 Å². The number of ether oxygens (including phenoxy) is 1. The number of nitrogens with zero attached hydrogens (tertiary/aromatic N) is 2. The number of hydrogen-bond donors (Lipinski definition) is 0. The van der Waals surface area contributed by atoms with Crippen molar-refractivity contribution in [3.05, 3.63) is 53.7 Å². The first-order valence-corrected chi connectivity index (χ1v) is 9.36. The van der Waals surface area contributed by atoms with Crippen LogP contribution in [0.1, 0.15) is 29.8 Å². The fourth-order valence-electron chi connectivity index (χ4n) is 3.08. The Morgan fingerprint density at radius 1 is 1.28 bits per heavy atom. The minimum Gasteiger partial charge on any atom is -0.449 e. The Kier molecular flexibility index (Phi) is 5.08. The molecule has 6 heteroatoms. The quantitative estimate of drug-likeness (QED) is 0.621. The van der Waals surface area contributed by atoms with Gasteiger partial charge in [-0.1, -0.05) is 18.2 Å². The van der Waals surface area contributed by atoms with Crippen LogP contribution in [-0.2, 0) is 16.0 Å². The maximum absolute atomic E-state index is 12.9. The van der Waals surface area contributed by atoms with Crippen molar-refractivity contribution in [2.45, 2.75) is 37.4 Å². The second kappa shape index (κ2) is 7.27. The van der Waals surface area contributed by atoms with Crippen LogP contribution in [0, 0.1) is 0 Å². The number of carbonyl (C=O) groups excluding carboxylic acids is 2. The molecule has 0 spiro atoms. The van der Waals surface area contributed by atoms with E-state index in [0.29, 0.717) is 10.6 Å². The predicted molar refractivity (Wildman–Crippen MR) is 98.0 cm³/mol. The fraction of sp³-hybridized carbons (Fsp3) is 0.316. The Labute approximate surface area is 151 Å². The van der Waals surface area contributed by atoms with E-state index < -0.39 is 12.1 Å². The summed E-state index contributed by atoms with van der Waals surface area (Å²) in [6.07, 6.45) is 3.41. The minimum atomic E-state index is -0.865. The highest BCUT2D eigenvalue weighted by molar-refractivity contribution is 7.98. The summed E-state index contributed by atoms with van der Waals surface area (Å²) in [7, 11) is 0. The van der Waals surface area contributed by atoms with Gasteiger partial charge in [-0.25, -0.2) is 9.78 Å². The molecular weight excluding hydrogens is 336 g/mol. The van der Waals surface area contributed by atoms with Crippen LogP contribution in [0.15, 0.2) is 47.6 Å². The number of para-hydroxylation sites is 1. The lowest BCUT2D eigenvalue weighted by atomic mass is 10.1. The van der Waals surface area contributed by atoms with Crippen molar-refractivity contribution in [1.29, 1.82) is 0 Å². The Morgan fingerprint density at radius 2 is 2.04 bits per heavy atom. The molecule has 2 aromatic rings. The second-order valence-corrected chi connectivity index (χ2v) is 6.79. The average molecular weight is 356 g/mol. The first kappa shape index (κ1) is 17.5. The van der Waals surface area contributed by atoms with E-state index in [-0.39, 0.29) is 11.9 Å². The van der Waals surface area contributed by atoms with Gasteiger partial charge in [-0.2, -0.15) is 0 Å². The molecular formula is C19H20N2O3S. The summed E-state index contributed by atoms with van der Waals surface area (Å²) in [6.45, 7) is 3.61. The number of benzene rings is 1. The third-order valence-electron chi connectivity index (χ3n) is 4.26. The van der Waals surface area contributed by atoms with Crippen LogP contribution < -0.4 is 4.90 Å². The molecule has 2 heterocycles. The van der Waals surface area contributed by atoms with Gasteiger partial charge in [0.15, 0.2) is 6.10 Å². The van der Waals surface area contributed by atoms with Crippen LogP contribution in [0.4, 0.5) is 5.69 Å². The molecule has 1 amide bonds. The van der Waals surface area contributed by atoms with Crippen molar-refractivity contribution < 1.29 is 14.3 Å². The summed E-state index contributed by atoms with van der Waals surface area (Å²) in [5.41, 5.74) is 2.41. The standard InChI is InChI=1S/C19H20N2O3S/c1-12-11-14-7-4-5-9-16(14)21(12)18(22)13(2)24-19(23)15-8-6-10-20-17(15)25-3/h4-10,12-13H,11H2,1-3H3/t12-,13-/m1/s1. The van der Waals surface area contributed by atoms with E-state index in [1.807, 2.05) is 37.4 Å². The highest BCUT2D eigenvalue weighted by Gasteiger charge is 2.34. The van der Waals surface area contributed by atoms with E-state index in [1.54, 1.807) is 30.2 Å². The predicted octanol–water partition coefficient (Wildman–Crippen LogP) is 3.33. The molecule has 0 fully saturated rings. The molecule has 0 N–H and O–H groups in total. The number of fused-ring (bicyclic) bond motifs is 1. The van der Waals surface area contributed by atoms with Gasteiger partial charge in [0.2, 0.25) is 0 Å². The number of esters is 1. The molecule has 130 valence electrons. The van der Waals surface area contributed by atoms with Gasteiger partial charge in [0.05, 0.1) is 5.56 Å². The fourth-order valence-corrected chi connectivity index (χ4v) is 3.62. The summed E-state index contributed by atoms with van der Waals surface area (Å²) in [5, 5.41) is 0.590. The van der Waals surface area contributed by atoms with Gasteiger partial charge in [-0.3, -0.25) is 4.79 Å². The highest BCUT2D eigenvalue weighted by Crippen LogP contribution is 2.32. The molecule has 0 aliphatic carbocycles. The van der Waals surface area contributed by atoms with Gasteiger partial charge in [0, 0.05) is 17.9 Å². The monoisotopic (exact) mass is 356 g/mol. The average Bonchev–Trinajstić information content (AvgIpc) is 2.96. The number of pyridine rings is 1. The summed E-state index contributed by atoms with van der Waals surface area (Å²) in [4.78, 5) is 31.2. The first-order chi connectivity index (χ1) is 12.0. The molecule has 0 saturated heterocycles. The van der Waals surface area contributed by atoms with Crippen molar-refractivity contribution >= 4 is 29.3 Å². The van der Waals surface area contributed by atoms with E-state index in [1.165, 1.54) is 11.8 Å². The van der Waals surface area contributed by atoms with Crippen molar-refractivity contribution in [3.63, 3.8) is 0 Å². The summed E-state index contributed by atoms with van der Waals surface area (Å²) >= 11 is 1.37. The third kappa shape index (κ3) is 3.39. The smallest absolute Gasteiger partial charge is 0.341 e. The number of rotatable bonds is 4. The van der Waals surface area contributed by atoms with E-state index in [4.69, 9.17) is 4.74 Å². The molecule has 1 aromatic carbocycles. The van der Waals surface area contributed by atoms with Crippen molar-refractivity contribution in [3.8, 4) is 0 Å². The topological polar surface area (TPSA) is 59.5 Å². The molecule has 3 rings (SSSR count). The van der Waals surface area contributed by atoms with Crippen molar-refractivity contribution in [2.24, 2.45) is 0 Å². The van der Waals surface area contributed by atoms with Gasteiger partial charge in [-0.15, -0.1) is 11.8 Å². The molecule has 25 heavy (non-hydrogen) atoms. The van der Waals surface area contributed by atoms with Crippen molar-refractivity contribution in [2.75, 3.05) is 11.2 Å². The number of amides is 1. The molecule has 1 aliphatic heterocycles. The Morgan fingerprint density at radius 3 is 2.80 bits per heavy atom. The number of hydrogen-bond acceptors (Lipinski definition) is 5. The maximum atomic E-state index is 12.9. The molecule has 0 saturated carbocycles. The number of aromatic nitrogens is 1. The molecule has 1 aromatic heterocycles. The molecule has 5 nitrogen and oxygen atoms in total. The SMILES string of the molecule is CSc1ncccc1C(=O)O[C@H](C)C(=O)N1c2ccccc2C[C@H]1C. The zero-order valence-electron chi connectivity index (χ0n) is 14.4. The van der Waals surface area contributed by atoms with E-state index >= 15 is 0 Å². The Hall–Kier alpha value is -2.34. The number of thioether (sulfide) groups is 1. The lowest BCUT2D eigenvalue weighted by Gasteiger charge is -2.26.